The van der Waals surface area contributed by atoms with Gasteiger partial charge in [-0.1, -0.05) is 52.7 Å². The maximum atomic E-state index is 8.49. The van der Waals surface area contributed by atoms with Crippen LogP contribution in [0.15, 0.2) is 95.1 Å². The molecule has 0 saturated heterocycles. The van der Waals surface area contributed by atoms with Crippen LogP contribution in [0, 0.1) is 10.2 Å². The molecule has 10 heteroatoms. The number of halogens is 2. The highest BCUT2D eigenvalue weighted by atomic mass is 35.7. The molecule has 0 aromatic heterocycles. The summed E-state index contributed by atoms with van der Waals surface area (Å²) in [5.41, 5.74) is 2.96. The molecule has 4 rings (SSSR count). The lowest BCUT2D eigenvalue weighted by Gasteiger charge is -2.20. The normalized spacial score (nSPS) is 13.7. The molecule has 0 radical (unpaired) electrons. The second kappa shape index (κ2) is 9.77. The van der Waals surface area contributed by atoms with E-state index >= 15 is 0 Å². The maximum absolute atomic E-state index is 8.49. The Morgan fingerprint density at radius 1 is 0.800 bits per heavy atom. The number of anilines is 1. The van der Waals surface area contributed by atoms with E-state index in [2.05, 4.69) is 0 Å². The predicted molar refractivity (Wildman–Crippen MR) is 101 cm³/mol. The number of azo groups is 2. The first kappa shape index (κ1) is 21.8. The standard InChI is InChI=1S/C20H16ClN4.ClHO4/c21-17-13-11-16(12-14-17)20-22-24(18-7-3-1-4-8-18)15-25(23-20)19-9-5-2-6-10-19;2-1(3,4)5/h1-14H,15H2;(H,2,3,4,5)/q+1;/p-1. The number of hydrazone groups is 1. The van der Waals surface area contributed by atoms with Crippen LogP contribution in [-0.4, -0.2) is 17.2 Å². The van der Waals surface area contributed by atoms with Crippen molar-refractivity contribution in [3.05, 3.63) is 95.5 Å². The molecule has 1 aliphatic heterocycles. The second-order valence-corrected chi connectivity index (χ2v) is 7.21. The highest BCUT2D eigenvalue weighted by Crippen LogP contribution is 2.23. The van der Waals surface area contributed by atoms with E-state index in [4.69, 9.17) is 40.5 Å². The van der Waals surface area contributed by atoms with Crippen LogP contribution in [0.3, 0.4) is 0 Å². The van der Waals surface area contributed by atoms with Gasteiger partial charge in [-0.15, -0.1) is 15.3 Å². The fraction of sp³-hybridized carbons (Fsp3) is 0.0500. The van der Waals surface area contributed by atoms with Gasteiger partial charge in [-0.25, -0.2) is 23.6 Å². The van der Waals surface area contributed by atoms with Crippen LogP contribution in [0.2, 0.25) is 5.02 Å². The molecule has 30 heavy (non-hydrogen) atoms. The van der Waals surface area contributed by atoms with Crippen molar-refractivity contribution in [1.82, 2.24) is 0 Å². The Balaban J connectivity index is 0.000000461. The first-order chi connectivity index (χ1) is 14.3. The van der Waals surface area contributed by atoms with Crippen LogP contribution in [0.5, 0.6) is 0 Å². The Morgan fingerprint density at radius 2 is 1.33 bits per heavy atom. The predicted octanol–water partition coefficient (Wildman–Crippen LogP) is 0.520. The number of nitrogens with zero attached hydrogens (tertiary/aromatic N) is 4. The van der Waals surface area contributed by atoms with Gasteiger partial charge >= 0.3 is 0 Å². The van der Waals surface area contributed by atoms with E-state index in [9.17, 15) is 0 Å². The lowest BCUT2D eigenvalue weighted by atomic mass is 10.2. The van der Waals surface area contributed by atoms with E-state index < -0.39 is 10.2 Å². The van der Waals surface area contributed by atoms with Crippen LogP contribution < -0.4 is 23.6 Å². The Hall–Kier alpha value is -2.85. The van der Waals surface area contributed by atoms with E-state index in [1.807, 2.05) is 94.6 Å². The molecule has 8 nitrogen and oxygen atoms in total. The van der Waals surface area contributed by atoms with Crippen LogP contribution >= 0.6 is 11.6 Å². The molecule has 0 N–H and O–H groups in total. The lowest BCUT2D eigenvalue weighted by molar-refractivity contribution is -2.00. The molecule has 0 saturated carbocycles. The molecule has 0 bridgehead atoms. The number of amidine groups is 1. The number of hydrogen-bond donors (Lipinski definition) is 0. The SMILES string of the molecule is Clc1ccc(C2=NN(c3ccccc3)C[N+](c3ccccc3)=N2)cc1.[O-][Cl+3]([O-])([O-])[O-]. The Bertz CT molecular complexity index is 1020. The van der Waals surface area contributed by atoms with Crippen molar-refractivity contribution < 1.29 is 33.6 Å². The average Bonchev–Trinajstić information content (AvgIpc) is 2.74. The summed E-state index contributed by atoms with van der Waals surface area (Å²) in [4.78, 5) is 0. The first-order valence-corrected chi connectivity index (χ1v) is 10.2. The lowest BCUT2D eigenvalue weighted by Crippen LogP contribution is -2.68. The fourth-order valence-electron chi connectivity index (χ4n) is 2.63. The summed E-state index contributed by atoms with van der Waals surface area (Å²) in [6.45, 7) is 0.547. The van der Waals surface area contributed by atoms with Crippen molar-refractivity contribution in [2.75, 3.05) is 11.7 Å². The summed E-state index contributed by atoms with van der Waals surface area (Å²) in [5, 5.41) is 12.1. The molecule has 3 aromatic rings. The van der Waals surface area contributed by atoms with E-state index in [0.717, 1.165) is 16.9 Å². The minimum absolute atomic E-state index is 0.547. The highest BCUT2D eigenvalue weighted by Gasteiger charge is 2.25. The van der Waals surface area contributed by atoms with Gasteiger partial charge in [-0.05, 0) is 36.4 Å². The van der Waals surface area contributed by atoms with Gasteiger partial charge in [0.1, 0.15) is 0 Å². The number of benzene rings is 3. The van der Waals surface area contributed by atoms with Gasteiger partial charge in [-0.2, -0.15) is 0 Å². The van der Waals surface area contributed by atoms with Crippen molar-refractivity contribution in [3.8, 4) is 0 Å². The van der Waals surface area contributed by atoms with Gasteiger partial charge in [0.25, 0.3) is 6.67 Å². The van der Waals surface area contributed by atoms with Gasteiger partial charge in [0.2, 0.25) is 11.5 Å². The monoisotopic (exact) mass is 446 g/mol. The zero-order chi connectivity index (χ0) is 21.6. The molecule has 0 spiro atoms. The summed E-state index contributed by atoms with van der Waals surface area (Å²) in [7, 11) is -4.94. The third kappa shape index (κ3) is 6.60. The molecular weight excluding hydrogens is 431 g/mol. The van der Waals surface area contributed by atoms with Crippen LogP contribution in [0.1, 0.15) is 5.56 Å². The molecule has 3 aromatic carbocycles. The summed E-state index contributed by atoms with van der Waals surface area (Å²) in [6.07, 6.45) is 0. The summed E-state index contributed by atoms with van der Waals surface area (Å²) < 4.78 is 35.9. The van der Waals surface area contributed by atoms with Crippen LogP contribution in [0.25, 0.3) is 0 Å². The molecule has 0 aliphatic carbocycles. The molecule has 1 aliphatic rings. The molecule has 0 unspecified atom stereocenters. The van der Waals surface area contributed by atoms with Gasteiger partial charge < -0.3 is 0 Å². The topological polar surface area (TPSA) is 123 Å². The average molecular weight is 447 g/mol. The van der Waals surface area contributed by atoms with E-state index in [1.165, 1.54) is 0 Å². The van der Waals surface area contributed by atoms with E-state index in [1.54, 1.807) is 0 Å². The zero-order valence-electron chi connectivity index (χ0n) is 15.5. The Morgan fingerprint density at radius 3 is 1.90 bits per heavy atom. The van der Waals surface area contributed by atoms with Gasteiger partial charge in [0.05, 0.1) is 5.69 Å². The molecular formula is C20H16Cl2N4O4. The molecule has 0 atom stereocenters. The van der Waals surface area contributed by atoms with Crippen LogP contribution in [0.4, 0.5) is 11.4 Å². The minimum atomic E-state index is -4.94. The van der Waals surface area contributed by atoms with Crippen molar-refractivity contribution in [1.29, 1.82) is 0 Å². The maximum Gasteiger partial charge on any atom is 0.269 e. The number of rotatable bonds is 3. The molecule has 1 heterocycles. The fourth-order valence-corrected chi connectivity index (χ4v) is 2.76. The number of hydrogen-bond acceptors (Lipinski definition) is 7. The van der Waals surface area contributed by atoms with Crippen molar-refractivity contribution in [2.24, 2.45) is 10.2 Å². The highest BCUT2D eigenvalue weighted by molar-refractivity contribution is 6.30. The third-order valence-corrected chi connectivity index (χ3v) is 4.16. The Labute approximate surface area is 179 Å². The summed E-state index contributed by atoms with van der Waals surface area (Å²) in [5.74, 6) is 0.649. The second-order valence-electron chi connectivity index (χ2n) is 6.02. The quantitative estimate of drug-likeness (QED) is 0.542. The summed E-state index contributed by atoms with van der Waals surface area (Å²) >= 11 is 6.01. The van der Waals surface area contributed by atoms with Gasteiger partial charge in [0.15, 0.2) is 0 Å². The van der Waals surface area contributed by atoms with Gasteiger partial charge in [-0.3, -0.25) is 0 Å². The largest absolute Gasteiger partial charge is 0.269 e. The van der Waals surface area contributed by atoms with Crippen molar-refractivity contribution >= 4 is 28.8 Å². The summed E-state index contributed by atoms with van der Waals surface area (Å²) in [6, 6.07) is 27.7. The van der Waals surface area contributed by atoms with Crippen molar-refractivity contribution in [2.45, 2.75) is 0 Å². The van der Waals surface area contributed by atoms with Crippen LogP contribution in [-0.2, 0) is 0 Å². The minimum Gasteiger partial charge on any atom is -0.222 e. The van der Waals surface area contributed by atoms with Crippen molar-refractivity contribution in [3.63, 3.8) is 0 Å². The molecule has 154 valence electrons. The zero-order valence-corrected chi connectivity index (χ0v) is 17.0. The van der Waals surface area contributed by atoms with E-state index in [0.29, 0.717) is 17.5 Å². The molecule has 0 fully saturated rings. The third-order valence-electron chi connectivity index (χ3n) is 3.91. The number of para-hydroxylation sites is 2. The van der Waals surface area contributed by atoms with Gasteiger partial charge in [0, 0.05) is 27.8 Å². The Kier molecular flexibility index (Phi) is 7.11. The molecule has 0 amide bonds. The smallest absolute Gasteiger partial charge is 0.222 e. The first-order valence-electron chi connectivity index (χ1n) is 8.63. The van der Waals surface area contributed by atoms with E-state index in [-0.39, 0.29) is 0 Å².